The highest BCUT2D eigenvalue weighted by Gasteiger charge is 2.05. The van der Waals surface area contributed by atoms with Gasteiger partial charge >= 0.3 is 0 Å². The van der Waals surface area contributed by atoms with Crippen LogP contribution in [-0.4, -0.2) is 22.3 Å². The fourth-order valence-electron chi connectivity index (χ4n) is 1.64. The Bertz CT molecular complexity index is 585. The Kier molecular flexibility index (Phi) is 3.79. The second kappa shape index (κ2) is 5.51. The Balaban J connectivity index is 2.13. The van der Waals surface area contributed by atoms with Gasteiger partial charge in [0.1, 0.15) is 5.75 Å². The van der Waals surface area contributed by atoms with Crippen LogP contribution >= 0.6 is 0 Å². The van der Waals surface area contributed by atoms with Gasteiger partial charge in [0.2, 0.25) is 5.95 Å². The molecule has 1 heterocycles. The molecular formula is C13H17N5O. The maximum Gasteiger partial charge on any atom is 0.243 e. The summed E-state index contributed by atoms with van der Waals surface area (Å²) < 4.78 is 5.28. The topological polar surface area (TPSA) is 86.0 Å². The van der Waals surface area contributed by atoms with Crippen molar-refractivity contribution < 1.29 is 4.74 Å². The SMILES string of the molecule is COc1ccc(N)cc1CNc1nnc(C)c(C)n1. The molecular weight excluding hydrogens is 242 g/mol. The first-order valence-electron chi connectivity index (χ1n) is 5.94. The lowest BCUT2D eigenvalue weighted by Crippen LogP contribution is -2.08. The van der Waals surface area contributed by atoms with Crippen molar-refractivity contribution in [2.24, 2.45) is 0 Å². The average molecular weight is 259 g/mol. The standard InChI is InChI=1S/C13H17N5O/c1-8-9(2)17-18-13(16-8)15-7-10-6-11(14)4-5-12(10)19-3/h4-6H,7,14H2,1-3H3,(H,15,16,18). The van der Waals surface area contributed by atoms with Gasteiger partial charge in [0.05, 0.1) is 18.5 Å². The normalized spacial score (nSPS) is 10.3. The van der Waals surface area contributed by atoms with Crippen molar-refractivity contribution in [2.45, 2.75) is 20.4 Å². The molecule has 0 atom stereocenters. The molecule has 2 aromatic rings. The zero-order valence-electron chi connectivity index (χ0n) is 11.3. The number of nitrogens with one attached hydrogen (secondary N) is 1. The number of nitrogen functional groups attached to an aromatic ring is 1. The van der Waals surface area contributed by atoms with E-state index in [4.69, 9.17) is 10.5 Å². The Labute approximate surface area is 112 Å². The van der Waals surface area contributed by atoms with Crippen LogP contribution in [0.15, 0.2) is 18.2 Å². The Hall–Kier alpha value is -2.37. The zero-order valence-corrected chi connectivity index (χ0v) is 11.3. The number of hydrogen-bond donors (Lipinski definition) is 2. The van der Waals surface area contributed by atoms with Gasteiger partial charge < -0.3 is 15.8 Å². The van der Waals surface area contributed by atoms with Gasteiger partial charge in [-0.05, 0) is 32.0 Å². The number of methoxy groups -OCH3 is 1. The molecule has 0 aliphatic heterocycles. The van der Waals surface area contributed by atoms with E-state index < -0.39 is 0 Å². The number of aryl methyl sites for hydroxylation is 2. The van der Waals surface area contributed by atoms with E-state index in [0.717, 1.165) is 22.7 Å². The fourth-order valence-corrected chi connectivity index (χ4v) is 1.64. The number of nitrogens with two attached hydrogens (primary N) is 1. The van der Waals surface area contributed by atoms with Gasteiger partial charge in [0.15, 0.2) is 0 Å². The number of rotatable bonds is 4. The van der Waals surface area contributed by atoms with Gasteiger partial charge in [-0.25, -0.2) is 4.98 Å². The Morgan fingerprint density at radius 1 is 1.21 bits per heavy atom. The van der Waals surface area contributed by atoms with Crippen LogP contribution in [0.3, 0.4) is 0 Å². The minimum absolute atomic E-state index is 0.493. The van der Waals surface area contributed by atoms with Gasteiger partial charge in [-0.3, -0.25) is 0 Å². The van der Waals surface area contributed by atoms with Crippen LogP contribution < -0.4 is 15.8 Å². The van der Waals surface area contributed by atoms with Gasteiger partial charge in [0.25, 0.3) is 0 Å². The van der Waals surface area contributed by atoms with Gasteiger partial charge in [-0.2, -0.15) is 5.10 Å². The van der Waals surface area contributed by atoms with Gasteiger partial charge in [0, 0.05) is 17.8 Å². The molecule has 2 rings (SSSR count). The highest BCUT2D eigenvalue weighted by molar-refractivity contribution is 5.48. The van der Waals surface area contributed by atoms with E-state index in [1.807, 2.05) is 26.0 Å². The third kappa shape index (κ3) is 3.09. The molecule has 0 bridgehead atoms. The number of aromatic nitrogens is 3. The maximum atomic E-state index is 5.77. The molecule has 100 valence electrons. The summed E-state index contributed by atoms with van der Waals surface area (Å²) in [7, 11) is 1.63. The summed E-state index contributed by atoms with van der Waals surface area (Å²) in [6.45, 7) is 4.30. The third-order valence-corrected chi connectivity index (χ3v) is 2.83. The highest BCUT2D eigenvalue weighted by Crippen LogP contribution is 2.21. The second-order valence-electron chi connectivity index (χ2n) is 4.23. The molecule has 0 spiro atoms. The monoisotopic (exact) mass is 259 g/mol. The Morgan fingerprint density at radius 2 is 2.00 bits per heavy atom. The summed E-state index contributed by atoms with van der Waals surface area (Å²) in [4.78, 5) is 4.31. The molecule has 0 radical (unpaired) electrons. The highest BCUT2D eigenvalue weighted by atomic mass is 16.5. The summed E-state index contributed by atoms with van der Waals surface area (Å²) in [5.74, 6) is 1.27. The summed E-state index contributed by atoms with van der Waals surface area (Å²) in [5.41, 5.74) is 9.09. The van der Waals surface area contributed by atoms with E-state index >= 15 is 0 Å². The zero-order chi connectivity index (χ0) is 13.8. The van der Waals surface area contributed by atoms with Crippen LogP contribution in [0.1, 0.15) is 17.0 Å². The van der Waals surface area contributed by atoms with Crippen LogP contribution in [0.2, 0.25) is 0 Å². The van der Waals surface area contributed by atoms with Crippen molar-refractivity contribution in [1.82, 2.24) is 15.2 Å². The number of hydrogen-bond acceptors (Lipinski definition) is 6. The third-order valence-electron chi connectivity index (χ3n) is 2.83. The molecule has 0 amide bonds. The number of ether oxygens (including phenoxy) is 1. The maximum absolute atomic E-state index is 5.77. The smallest absolute Gasteiger partial charge is 0.243 e. The van der Waals surface area contributed by atoms with Crippen molar-refractivity contribution in [2.75, 3.05) is 18.2 Å². The van der Waals surface area contributed by atoms with Crippen molar-refractivity contribution in [3.63, 3.8) is 0 Å². The summed E-state index contributed by atoms with van der Waals surface area (Å²) in [5, 5.41) is 11.1. The summed E-state index contributed by atoms with van der Waals surface area (Å²) in [6.07, 6.45) is 0. The molecule has 0 saturated carbocycles. The molecule has 6 nitrogen and oxygen atoms in total. The molecule has 1 aromatic heterocycles. The van der Waals surface area contributed by atoms with Gasteiger partial charge in [-0.15, -0.1) is 5.10 Å². The van der Waals surface area contributed by atoms with Crippen molar-refractivity contribution >= 4 is 11.6 Å². The summed E-state index contributed by atoms with van der Waals surface area (Å²) in [6, 6.07) is 5.50. The van der Waals surface area contributed by atoms with E-state index in [9.17, 15) is 0 Å². The minimum atomic E-state index is 0.493. The Morgan fingerprint density at radius 3 is 2.68 bits per heavy atom. The van der Waals surface area contributed by atoms with Crippen LogP contribution in [0.4, 0.5) is 11.6 Å². The number of benzene rings is 1. The van der Waals surface area contributed by atoms with Crippen molar-refractivity contribution in [3.8, 4) is 5.75 Å². The number of nitrogens with zero attached hydrogens (tertiary/aromatic N) is 3. The lowest BCUT2D eigenvalue weighted by molar-refractivity contribution is 0.410. The average Bonchev–Trinajstić information content (AvgIpc) is 2.40. The molecule has 1 aromatic carbocycles. The van der Waals surface area contributed by atoms with Gasteiger partial charge in [-0.1, -0.05) is 0 Å². The van der Waals surface area contributed by atoms with Crippen LogP contribution in [-0.2, 0) is 6.54 Å². The lowest BCUT2D eigenvalue weighted by Gasteiger charge is -2.10. The van der Waals surface area contributed by atoms with E-state index in [-0.39, 0.29) is 0 Å². The summed E-state index contributed by atoms with van der Waals surface area (Å²) >= 11 is 0. The molecule has 3 N–H and O–H groups in total. The molecule has 19 heavy (non-hydrogen) atoms. The van der Waals surface area contributed by atoms with Crippen molar-refractivity contribution in [3.05, 3.63) is 35.2 Å². The number of anilines is 2. The predicted octanol–water partition coefficient (Wildman–Crippen LogP) is 1.69. The van der Waals surface area contributed by atoms with E-state index in [2.05, 4.69) is 20.5 Å². The molecule has 0 aliphatic rings. The molecule has 6 heteroatoms. The first-order chi connectivity index (χ1) is 9.10. The molecule has 0 saturated heterocycles. The van der Waals surface area contributed by atoms with Crippen LogP contribution in [0, 0.1) is 13.8 Å². The van der Waals surface area contributed by atoms with E-state index in [1.54, 1.807) is 13.2 Å². The quantitative estimate of drug-likeness (QED) is 0.813. The lowest BCUT2D eigenvalue weighted by atomic mass is 10.2. The molecule has 0 unspecified atom stereocenters. The minimum Gasteiger partial charge on any atom is -0.496 e. The van der Waals surface area contributed by atoms with E-state index in [0.29, 0.717) is 18.2 Å². The fraction of sp³-hybridized carbons (Fsp3) is 0.308. The first-order valence-corrected chi connectivity index (χ1v) is 5.94. The largest absolute Gasteiger partial charge is 0.496 e. The van der Waals surface area contributed by atoms with Crippen molar-refractivity contribution in [1.29, 1.82) is 0 Å². The first kappa shape index (κ1) is 13.1. The second-order valence-corrected chi connectivity index (χ2v) is 4.23. The van der Waals surface area contributed by atoms with Crippen LogP contribution in [0.25, 0.3) is 0 Å². The predicted molar refractivity (Wildman–Crippen MR) is 74.0 cm³/mol. The van der Waals surface area contributed by atoms with Crippen LogP contribution in [0.5, 0.6) is 5.75 Å². The molecule has 0 aliphatic carbocycles. The molecule has 0 fully saturated rings. The van der Waals surface area contributed by atoms with E-state index in [1.165, 1.54) is 0 Å².